The SMILES string of the molecule is Cn1nc(CC(=O)c2cn(CCN)cn2)c2ccccc21. The summed E-state index contributed by atoms with van der Waals surface area (Å²) in [6.07, 6.45) is 3.62. The number of aromatic nitrogens is 4. The molecule has 1 aromatic carbocycles. The third-order valence-corrected chi connectivity index (χ3v) is 3.47. The van der Waals surface area contributed by atoms with Crippen LogP contribution in [0.15, 0.2) is 36.8 Å². The number of ketones is 1. The summed E-state index contributed by atoms with van der Waals surface area (Å²) in [7, 11) is 1.88. The quantitative estimate of drug-likeness (QED) is 0.712. The highest BCUT2D eigenvalue weighted by Crippen LogP contribution is 2.18. The molecule has 6 nitrogen and oxygen atoms in total. The second kappa shape index (κ2) is 5.49. The smallest absolute Gasteiger partial charge is 0.188 e. The number of para-hydroxylation sites is 1. The lowest BCUT2D eigenvalue weighted by Gasteiger charge is -1.97. The van der Waals surface area contributed by atoms with Crippen LogP contribution in [-0.4, -0.2) is 31.7 Å². The standard InChI is InChI=1S/C15H17N5O/c1-19-14-5-3-2-4-11(14)12(18-19)8-15(21)13-9-20(7-6-16)10-17-13/h2-5,9-10H,6-8,16H2,1H3. The minimum Gasteiger partial charge on any atom is -0.335 e. The number of imidazole rings is 1. The van der Waals surface area contributed by atoms with Gasteiger partial charge in [-0.15, -0.1) is 0 Å². The molecule has 3 aromatic rings. The van der Waals surface area contributed by atoms with E-state index in [-0.39, 0.29) is 12.2 Å². The third kappa shape index (κ3) is 2.57. The maximum Gasteiger partial charge on any atom is 0.188 e. The van der Waals surface area contributed by atoms with Gasteiger partial charge in [-0.2, -0.15) is 5.10 Å². The first-order valence-electron chi connectivity index (χ1n) is 6.84. The number of fused-ring (bicyclic) bond motifs is 1. The van der Waals surface area contributed by atoms with E-state index in [1.807, 2.05) is 35.9 Å². The topological polar surface area (TPSA) is 78.7 Å². The van der Waals surface area contributed by atoms with E-state index in [4.69, 9.17) is 5.73 Å². The predicted octanol–water partition coefficient (Wildman–Crippen LogP) is 1.15. The van der Waals surface area contributed by atoms with Gasteiger partial charge in [0.25, 0.3) is 0 Å². The number of carbonyl (C=O) groups excluding carboxylic acids is 1. The second-order valence-corrected chi connectivity index (χ2v) is 4.97. The molecule has 0 bridgehead atoms. The zero-order chi connectivity index (χ0) is 14.8. The number of hydrogen-bond acceptors (Lipinski definition) is 4. The van der Waals surface area contributed by atoms with E-state index in [2.05, 4.69) is 10.1 Å². The minimum atomic E-state index is -0.0328. The van der Waals surface area contributed by atoms with Crippen LogP contribution in [-0.2, 0) is 20.0 Å². The summed E-state index contributed by atoms with van der Waals surface area (Å²) in [6.45, 7) is 1.18. The molecule has 2 heterocycles. The first-order chi connectivity index (χ1) is 10.2. The first-order valence-corrected chi connectivity index (χ1v) is 6.84. The van der Waals surface area contributed by atoms with E-state index >= 15 is 0 Å². The maximum absolute atomic E-state index is 12.3. The molecule has 0 fully saturated rings. The molecule has 21 heavy (non-hydrogen) atoms. The second-order valence-electron chi connectivity index (χ2n) is 4.97. The van der Waals surface area contributed by atoms with Gasteiger partial charge in [-0.25, -0.2) is 4.98 Å². The van der Waals surface area contributed by atoms with E-state index < -0.39 is 0 Å². The Morgan fingerprint density at radius 1 is 1.33 bits per heavy atom. The monoisotopic (exact) mass is 283 g/mol. The van der Waals surface area contributed by atoms with Gasteiger partial charge >= 0.3 is 0 Å². The summed E-state index contributed by atoms with van der Waals surface area (Å²) in [5.74, 6) is -0.0328. The molecule has 6 heteroatoms. The summed E-state index contributed by atoms with van der Waals surface area (Å²) < 4.78 is 3.62. The largest absolute Gasteiger partial charge is 0.335 e. The zero-order valence-electron chi connectivity index (χ0n) is 11.9. The fourth-order valence-electron chi connectivity index (χ4n) is 2.44. The van der Waals surface area contributed by atoms with E-state index in [1.165, 1.54) is 0 Å². The number of hydrogen-bond donors (Lipinski definition) is 1. The van der Waals surface area contributed by atoms with Crippen LogP contribution in [0.2, 0.25) is 0 Å². The number of Topliss-reactive ketones (excluding diaryl/α,β-unsaturated/α-hetero) is 1. The highest BCUT2D eigenvalue weighted by atomic mass is 16.1. The van der Waals surface area contributed by atoms with Crippen molar-refractivity contribution in [1.29, 1.82) is 0 Å². The Kier molecular flexibility index (Phi) is 3.53. The van der Waals surface area contributed by atoms with Crippen molar-refractivity contribution in [2.24, 2.45) is 12.8 Å². The Hall–Kier alpha value is -2.47. The van der Waals surface area contributed by atoms with Crippen molar-refractivity contribution in [2.75, 3.05) is 6.54 Å². The van der Waals surface area contributed by atoms with Gasteiger partial charge in [0.05, 0.1) is 24.0 Å². The zero-order valence-corrected chi connectivity index (χ0v) is 11.9. The first kappa shape index (κ1) is 13.5. The predicted molar refractivity (Wildman–Crippen MR) is 80.0 cm³/mol. The molecule has 0 amide bonds. The van der Waals surface area contributed by atoms with E-state index in [9.17, 15) is 4.79 Å². The van der Waals surface area contributed by atoms with Crippen molar-refractivity contribution in [3.8, 4) is 0 Å². The van der Waals surface area contributed by atoms with Gasteiger partial charge in [-0.3, -0.25) is 9.48 Å². The van der Waals surface area contributed by atoms with Crippen molar-refractivity contribution >= 4 is 16.7 Å². The van der Waals surface area contributed by atoms with Gasteiger partial charge in [-0.05, 0) is 6.07 Å². The number of aryl methyl sites for hydroxylation is 1. The lowest BCUT2D eigenvalue weighted by atomic mass is 10.1. The van der Waals surface area contributed by atoms with Crippen molar-refractivity contribution < 1.29 is 4.79 Å². The molecule has 0 unspecified atom stereocenters. The van der Waals surface area contributed by atoms with Crippen LogP contribution in [0.4, 0.5) is 0 Å². The Labute approximate surface area is 122 Å². The van der Waals surface area contributed by atoms with Gasteiger partial charge < -0.3 is 10.3 Å². The molecule has 0 atom stereocenters. The fraction of sp³-hybridized carbons (Fsp3) is 0.267. The third-order valence-electron chi connectivity index (χ3n) is 3.47. The van der Waals surface area contributed by atoms with Crippen molar-refractivity contribution in [3.63, 3.8) is 0 Å². The lowest BCUT2D eigenvalue weighted by Crippen LogP contribution is -2.08. The number of carbonyl (C=O) groups is 1. The molecule has 0 radical (unpaired) electrons. The average Bonchev–Trinajstić information content (AvgIpc) is 3.06. The molecule has 108 valence electrons. The van der Waals surface area contributed by atoms with Gasteiger partial charge in [0.15, 0.2) is 5.78 Å². The summed E-state index contributed by atoms with van der Waals surface area (Å²) in [6, 6.07) is 7.89. The van der Waals surface area contributed by atoms with E-state index in [0.717, 1.165) is 16.6 Å². The van der Waals surface area contributed by atoms with E-state index in [1.54, 1.807) is 17.2 Å². The molecule has 0 spiro atoms. The molecular weight excluding hydrogens is 266 g/mol. The fourth-order valence-corrected chi connectivity index (χ4v) is 2.44. The number of rotatable bonds is 5. The van der Waals surface area contributed by atoms with Gasteiger partial charge in [0.2, 0.25) is 0 Å². The lowest BCUT2D eigenvalue weighted by molar-refractivity contribution is 0.0987. The van der Waals surface area contributed by atoms with Gasteiger partial charge in [0, 0.05) is 31.7 Å². The highest BCUT2D eigenvalue weighted by Gasteiger charge is 2.15. The van der Waals surface area contributed by atoms with Crippen LogP contribution in [0.1, 0.15) is 16.2 Å². The van der Waals surface area contributed by atoms with Crippen LogP contribution in [0.3, 0.4) is 0 Å². The summed E-state index contributed by atoms with van der Waals surface area (Å²) in [5, 5.41) is 5.45. The normalized spacial score (nSPS) is 11.1. The number of nitrogens with two attached hydrogens (primary N) is 1. The van der Waals surface area contributed by atoms with Gasteiger partial charge in [-0.1, -0.05) is 18.2 Å². The summed E-state index contributed by atoms with van der Waals surface area (Å²) in [5.41, 5.74) is 7.75. The van der Waals surface area contributed by atoms with Crippen molar-refractivity contribution in [1.82, 2.24) is 19.3 Å². The molecule has 0 aliphatic heterocycles. The van der Waals surface area contributed by atoms with Crippen LogP contribution < -0.4 is 5.73 Å². The average molecular weight is 283 g/mol. The summed E-state index contributed by atoms with van der Waals surface area (Å²) in [4.78, 5) is 16.5. The number of nitrogens with zero attached hydrogens (tertiary/aromatic N) is 4. The molecule has 0 saturated heterocycles. The molecule has 3 rings (SSSR count). The van der Waals surface area contributed by atoms with Crippen molar-refractivity contribution in [3.05, 3.63) is 48.2 Å². The maximum atomic E-state index is 12.3. The minimum absolute atomic E-state index is 0.0328. The van der Waals surface area contributed by atoms with E-state index in [0.29, 0.717) is 18.8 Å². The Morgan fingerprint density at radius 2 is 2.14 bits per heavy atom. The molecule has 0 aliphatic rings. The molecule has 2 aromatic heterocycles. The Balaban J connectivity index is 1.85. The molecular formula is C15H17N5O. The number of benzene rings is 1. The molecule has 0 saturated carbocycles. The Morgan fingerprint density at radius 3 is 2.95 bits per heavy atom. The molecule has 2 N–H and O–H groups in total. The van der Waals surface area contributed by atoms with Crippen LogP contribution in [0.25, 0.3) is 10.9 Å². The van der Waals surface area contributed by atoms with Crippen LogP contribution >= 0.6 is 0 Å². The summed E-state index contributed by atoms with van der Waals surface area (Å²) >= 11 is 0. The van der Waals surface area contributed by atoms with Crippen LogP contribution in [0, 0.1) is 0 Å². The van der Waals surface area contributed by atoms with Crippen LogP contribution in [0.5, 0.6) is 0 Å². The highest BCUT2D eigenvalue weighted by molar-refractivity contribution is 5.97. The van der Waals surface area contributed by atoms with Crippen molar-refractivity contribution in [2.45, 2.75) is 13.0 Å². The molecule has 0 aliphatic carbocycles. The van der Waals surface area contributed by atoms with Gasteiger partial charge in [0.1, 0.15) is 5.69 Å². The Bertz CT molecular complexity index is 786.